The van der Waals surface area contributed by atoms with Gasteiger partial charge in [0.05, 0.1) is 6.33 Å². The van der Waals surface area contributed by atoms with Crippen LogP contribution >= 0.6 is 0 Å². The number of halogens is 1. The quantitative estimate of drug-likeness (QED) is 0.472. The number of rotatable bonds is 10. The van der Waals surface area contributed by atoms with E-state index in [9.17, 15) is 4.39 Å². The lowest BCUT2D eigenvalue weighted by Gasteiger charge is -2.33. The van der Waals surface area contributed by atoms with Gasteiger partial charge in [0.25, 0.3) is 0 Å². The van der Waals surface area contributed by atoms with Crippen molar-refractivity contribution in [3.63, 3.8) is 0 Å². The zero-order valence-electron chi connectivity index (χ0n) is 17.3. The van der Waals surface area contributed by atoms with E-state index in [0.29, 0.717) is 12.4 Å². The minimum Gasteiger partial charge on any atom is -0.485 e. The summed E-state index contributed by atoms with van der Waals surface area (Å²) in [6, 6.07) is 16.5. The molecule has 4 nitrogen and oxygen atoms in total. The average Bonchev–Trinajstić information content (AvgIpc) is 3.14. The summed E-state index contributed by atoms with van der Waals surface area (Å²) in [6.07, 6.45) is 5.34. The fraction of sp³-hybridized carbons (Fsp3) is 0.375. The number of aromatic nitrogens is 2. The molecule has 0 amide bonds. The van der Waals surface area contributed by atoms with E-state index in [1.165, 1.54) is 17.8 Å². The molecule has 0 N–H and O–H groups in total. The first-order valence-corrected chi connectivity index (χ1v) is 10.0. The van der Waals surface area contributed by atoms with Crippen LogP contribution in [0.3, 0.4) is 0 Å². The van der Waals surface area contributed by atoms with E-state index >= 15 is 0 Å². The van der Waals surface area contributed by atoms with Gasteiger partial charge in [0, 0.05) is 38.6 Å². The molecule has 1 aromatic heterocycles. The van der Waals surface area contributed by atoms with Crippen LogP contribution in [0.1, 0.15) is 30.7 Å². The van der Waals surface area contributed by atoms with Crippen molar-refractivity contribution in [2.45, 2.75) is 25.9 Å². The monoisotopic (exact) mass is 396 g/mol. The number of methoxy groups -OCH3 is 1. The molecular weight excluding hydrogens is 367 g/mol. The Hall–Kier alpha value is -2.66. The van der Waals surface area contributed by atoms with Crippen LogP contribution in [0.15, 0.2) is 67.1 Å². The van der Waals surface area contributed by atoms with Crippen LogP contribution in [0.25, 0.3) is 0 Å². The largest absolute Gasteiger partial charge is 0.485 e. The second-order valence-electron chi connectivity index (χ2n) is 7.39. The normalized spacial score (nSPS) is 14.3. The molecular formula is C24H29FN2O2. The Bertz CT molecular complexity index is 864. The van der Waals surface area contributed by atoms with Crippen molar-refractivity contribution in [1.29, 1.82) is 0 Å². The molecule has 5 heteroatoms. The van der Waals surface area contributed by atoms with E-state index in [0.717, 1.165) is 18.4 Å². The predicted molar refractivity (Wildman–Crippen MR) is 112 cm³/mol. The van der Waals surface area contributed by atoms with E-state index in [4.69, 9.17) is 9.47 Å². The summed E-state index contributed by atoms with van der Waals surface area (Å²) in [4.78, 5) is 4.25. The third kappa shape index (κ3) is 5.45. The maximum Gasteiger partial charge on any atom is 0.127 e. The van der Waals surface area contributed by atoms with Gasteiger partial charge in [-0.1, -0.05) is 37.3 Å². The van der Waals surface area contributed by atoms with Gasteiger partial charge >= 0.3 is 0 Å². The van der Waals surface area contributed by atoms with Crippen molar-refractivity contribution in [3.05, 3.63) is 84.2 Å². The Morgan fingerprint density at radius 1 is 1.07 bits per heavy atom. The summed E-state index contributed by atoms with van der Waals surface area (Å²) >= 11 is 0. The topological polar surface area (TPSA) is 36.3 Å². The van der Waals surface area contributed by atoms with Crippen molar-refractivity contribution >= 4 is 0 Å². The molecule has 0 aliphatic carbocycles. The van der Waals surface area contributed by atoms with Crippen molar-refractivity contribution in [2.75, 3.05) is 13.7 Å². The van der Waals surface area contributed by atoms with E-state index in [2.05, 4.69) is 24.0 Å². The molecule has 2 aromatic carbocycles. The summed E-state index contributed by atoms with van der Waals surface area (Å²) in [5.74, 6) is 0.841. The highest BCUT2D eigenvalue weighted by Gasteiger charge is 2.32. The van der Waals surface area contributed by atoms with Crippen LogP contribution in [0.4, 0.5) is 4.39 Å². The lowest BCUT2D eigenvalue weighted by molar-refractivity contribution is 0.0457. The van der Waals surface area contributed by atoms with Gasteiger partial charge in [0.2, 0.25) is 0 Å². The van der Waals surface area contributed by atoms with Crippen LogP contribution < -0.4 is 4.74 Å². The number of imidazole rings is 1. The first-order valence-electron chi connectivity index (χ1n) is 10.0. The SMILES string of the molecule is CCC(C(COC)Cc1cncn1C)C(Oc1ccc(F)cc1)c1ccccc1. The van der Waals surface area contributed by atoms with Gasteiger partial charge in [-0.2, -0.15) is 0 Å². The van der Waals surface area contributed by atoms with Crippen LogP contribution in [-0.4, -0.2) is 23.3 Å². The van der Waals surface area contributed by atoms with E-state index in [1.54, 1.807) is 19.2 Å². The number of ether oxygens (including phenoxy) is 2. The summed E-state index contributed by atoms with van der Waals surface area (Å²) in [5.41, 5.74) is 2.27. The molecule has 0 saturated carbocycles. The standard InChI is InChI=1S/C24H29FN2O2/c1-4-23(19(16-28-3)14-21-15-26-17-27(21)2)24(18-8-6-5-7-9-18)29-22-12-10-20(25)11-13-22/h5-13,15,17,19,23-24H,4,14,16H2,1-3H3. The third-order valence-corrected chi connectivity index (χ3v) is 5.44. The molecule has 0 spiro atoms. The number of aryl methyl sites for hydroxylation is 1. The zero-order valence-corrected chi connectivity index (χ0v) is 17.3. The van der Waals surface area contributed by atoms with Crippen molar-refractivity contribution in [2.24, 2.45) is 18.9 Å². The lowest BCUT2D eigenvalue weighted by Crippen LogP contribution is -2.30. The van der Waals surface area contributed by atoms with Crippen molar-refractivity contribution in [3.8, 4) is 5.75 Å². The van der Waals surface area contributed by atoms with Crippen molar-refractivity contribution in [1.82, 2.24) is 9.55 Å². The Labute approximate surface area is 172 Å². The summed E-state index contributed by atoms with van der Waals surface area (Å²) in [5, 5.41) is 0. The molecule has 3 aromatic rings. The molecule has 3 rings (SSSR count). The van der Waals surface area contributed by atoms with E-state index < -0.39 is 0 Å². The van der Waals surface area contributed by atoms with E-state index in [-0.39, 0.29) is 23.8 Å². The Morgan fingerprint density at radius 3 is 2.38 bits per heavy atom. The summed E-state index contributed by atoms with van der Waals surface area (Å²) < 4.78 is 27.5. The van der Waals surface area contributed by atoms with Gasteiger partial charge in [0.1, 0.15) is 17.7 Å². The molecule has 0 aliphatic heterocycles. The average molecular weight is 397 g/mol. The first kappa shape index (κ1) is 21.1. The molecule has 0 saturated heterocycles. The molecule has 3 atom stereocenters. The first-order chi connectivity index (χ1) is 14.1. The van der Waals surface area contributed by atoms with Crippen LogP contribution in [-0.2, 0) is 18.2 Å². The zero-order chi connectivity index (χ0) is 20.6. The number of hydrogen-bond donors (Lipinski definition) is 0. The molecule has 0 bridgehead atoms. The van der Waals surface area contributed by atoms with Gasteiger partial charge in [-0.05, 0) is 48.6 Å². The second kappa shape index (κ2) is 10.2. The highest BCUT2D eigenvalue weighted by molar-refractivity contribution is 5.26. The highest BCUT2D eigenvalue weighted by atomic mass is 19.1. The van der Waals surface area contributed by atoms with Gasteiger partial charge in [-0.15, -0.1) is 0 Å². The second-order valence-corrected chi connectivity index (χ2v) is 7.39. The fourth-order valence-corrected chi connectivity index (χ4v) is 3.90. The number of nitrogens with zero attached hydrogens (tertiary/aromatic N) is 2. The van der Waals surface area contributed by atoms with Crippen LogP contribution in [0.5, 0.6) is 5.75 Å². The molecule has 0 aliphatic rings. The molecule has 3 unspecified atom stereocenters. The third-order valence-electron chi connectivity index (χ3n) is 5.44. The fourth-order valence-electron chi connectivity index (χ4n) is 3.90. The Kier molecular flexibility index (Phi) is 7.42. The predicted octanol–water partition coefficient (Wildman–Crippen LogP) is 5.21. The number of hydrogen-bond acceptors (Lipinski definition) is 3. The molecule has 0 radical (unpaired) electrons. The maximum atomic E-state index is 13.4. The minimum atomic E-state index is -0.269. The van der Waals surface area contributed by atoms with Crippen molar-refractivity contribution < 1.29 is 13.9 Å². The molecule has 154 valence electrons. The van der Waals surface area contributed by atoms with E-state index in [1.807, 2.05) is 42.3 Å². The highest BCUT2D eigenvalue weighted by Crippen LogP contribution is 2.37. The van der Waals surface area contributed by atoms with Gasteiger partial charge in [-0.3, -0.25) is 0 Å². The van der Waals surface area contributed by atoms with Gasteiger partial charge < -0.3 is 14.0 Å². The maximum absolute atomic E-state index is 13.4. The van der Waals surface area contributed by atoms with Crippen LogP contribution in [0.2, 0.25) is 0 Å². The van der Waals surface area contributed by atoms with Gasteiger partial charge in [0.15, 0.2) is 0 Å². The molecule has 0 fully saturated rings. The minimum absolute atomic E-state index is 0.167. The Morgan fingerprint density at radius 2 is 1.79 bits per heavy atom. The molecule has 1 heterocycles. The van der Waals surface area contributed by atoms with Crippen LogP contribution in [0, 0.1) is 17.7 Å². The number of benzene rings is 2. The smallest absolute Gasteiger partial charge is 0.127 e. The molecule has 29 heavy (non-hydrogen) atoms. The lowest BCUT2D eigenvalue weighted by atomic mass is 9.80. The Balaban J connectivity index is 1.93. The summed E-state index contributed by atoms with van der Waals surface area (Å²) in [7, 11) is 3.75. The summed E-state index contributed by atoms with van der Waals surface area (Å²) in [6.45, 7) is 2.81. The van der Waals surface area contributed by atoms with Gasteiger partial charge in [-0.25, -0.2) is 9.37 Å².